The van der Waals surface area contributed by atoms with Crippen molar-refractivity contribution >= 4 is 18.2 Å². The summed E-state index contributed by atoms with van der Waals surface area (Å²) >= 11 is 0.486. The Kier molecular flexibility index (Phi) is 2.95. The highest BCUT2D eigenvalue weighted by molar-refractivity contribution is 7.92. The minimum atomic E-state index is -0.551. The second-order valence-electron chi connectivity index (χ2n) is 2.30. The third-order valence-electron chi connectivity index (χ3n) is 1.48. The van der Waals surface area contributed by atoms with E-state index in [-0.39, 0.29) is 0 Å². The lowest BCUT2D eigenvalue weighted by molar-refractivity contribution is 0.0768. The molecule has 0 saturated carbocycles. The summed E-state index contributed by atoms with van der Waals surface area (Å²) in [5.74, 6) is -0.551. The molecule has 0 amide bonds. The lowest BCUT2D eigenvalue weighted by Crippen LogP contribution is -1.99. The highest BCUT2D eigenvalue weighted by Crippen LogP contribution is 2.09. The van der Waals surface area contributed by atoms with Gasteiger partial charge in [0.2, 0.25) is 0 Å². The quantitative estimate of drug-likeness (QED) is 0.554. The van der Waals surface area contributed by atoms with E-state index in [1.54, 1.807) is 7.05 Å². The van der Waals surface area contributed by atoms with E-state index in [2.05, 4.69) is 4.18 Å². The average molecular weight is 197 g/mol. The Morgan fingerprint density at radius 2 is 2.54 bits per heavy atom. The van der Waals surface area contributed by atoms with Crippen molar-refractivity contribution < 1.29 is 8.98 Å². The number of carbonyl (C=O) groups excluding carboxylic acids is 1. The Morgan fingerprint density at radius 3 is 3.00 bits per heavy atom. The highest BCUT2D eigenvalue weighted by atomic mass is 32.2. The van der Waals surface area contributed by atoms with Crippen LogP contribution in [0.15, 0.2) is 12.3 Å². The zero-order valence-electron chi connectivity index (χ0n) is 6.85. The van der Waals surface area contributed by atoms with E-state index in [9.17, 15) is 4.79 Å². The molecule has 0 saturated heterocycles. The fourth-order valence-electron chi connectivity index (χ4n) is 0.879. The lowest BCUT2D eigenvalue weighted by atomic mass is 10.3. The molecule has 0 radical (unpaired) electrons. The van der Waals surface area contributed by atoms with Gasteiger partial charge in [0.15, 0.2) is 0 Å². The molecule has 6 heteroatoms. The smallest absolute Gasteiger partial charge is 0.352 e. The molecule has 0 unspecified atom stereocenters. The van der Waals surface area contributed by atoms with Crippen molar-refractivity contribution in [3.63, 3.8) is 0 Å². The van der Waals surface area contributed by atoms with Crippen LogP contribution in [0.3, 0.4) is 0 Å². The van der Waals surface area contributed by atoms with Crippen LogP contribution in [0, 0.1) is 11.3 Å². The largest absolute Gasteiger partial charge is 0.371 e. The van der Waals surface area contributed by atoms with E-state index in [1.807, 2.05) is 6.07 Å². The fourth-order valence-corrected chi connectivity index (χ4v) is 1.06. The Labute approximate surface area is 79.4 Å². The standard InChI is InChI=1S/C7H7N3O2S/c1-10-4-5(2-6(10)3-8)7(11)12-13-9/h2,4H,9H2,1H3. The van der Waals surface area contributed by atoms with E-state index in [0.29, 0.717) is 23.5 Å². The monoisotopic (exact) mass is 197 g/mol. The zero-order valence-corrected chi connectivity index (χ0v) is 7.67. The van der Waals surface area contributed by atoms with Crippen LogP contribution in [0.1, 0.15) is 16.1 Å². The van der Waals surface area contributed by atoms with Gasteiger partial charge in [-0.1, -0.05) is 0 Å². The van der Waals surface area contributed by atoms with Crippen molar-refractivity contribution in [2.75, 3.05) is 0 Å². The van der Waals surface area contributed by atoms with Crippen molar-refractivity contribution in [2.45, 2.75) is 0 Å². The summed E-state index contributed by atoms with van der Waals surface area (Å²) in [5, 5.41) is 13.5. The molecule has 0 aliphatic carbocycles. The molecule has 0 fully saturated rings. The average Bonchev–Trinajstić information content (AvgIpc) is 2.47. The van der Waals surface area contributed by atoms with E-state index >= 15 is 0 Å². The van der Waals surface area contributed by atoms with E-state index in [0.717, 1.165) is 0 Å². The number of hydrogen-bond acceptors (Lipinski definition) is 5. The van der Waals surface area contributed by atoms with Crippen molar-refractivity contribution in [2.24, 2.45) is 12.2 Å². The van der Waals surface area contributed by atoms with Crippen molar-refractivity contribution in [1.82, 2.24) is 4.57 Å². The van der Waals surface area contributed by atoms with Crippen molar-refractivity contribution in [3.8, 4) is 6.07 Å². The van der Waals surface area contributed by atoms with Crippen molar-refractivity contribution in [1.29, 1.82) is 5.26 Å². The normalized spacial score (nSPS) is 9.31. The van der Waals surface area contributed by atoms with Crippen LogP contribution in [-0.2, 0) is 11.2 Å². The number of nitriles is 1. The van der Waals surface area contributed by atoms with Gasteiger partial charge in [-0.25, -0.2) is 9.93 Å². The SMILES string of the molecule is Cn1cc(C(=O)OSN)cc1C#N. The molecule has 1 heterocycles. The molecule has 0 aliphatic heterocycles. The molecule has 1 rings (SSSR count). The number of nitrogens with two attached hydrogens (primary N) is 1. The third-order valence-corrected chi connectivity index (χ3v) is 1.73. The molecule has 1 aromatic rings. The molecule has 0 atom stereocenters. The van der Waals surface area contributed by atoms with Crippen LogP contribution in [-0.4, -0.2) is 10.5 Å². The number of rotatable bonds is 2. The first kappa shape index (κ1) is 9.64. The summed E-state index contributed by atoms with van der Waals surface area (Å²) in [4.78, 5) is 11.1. The van der Waals surface area contributed by atoms with Gasteiger partial charge < -0.3 is 8.75 Å². The van der Waals surface area contributed by atoms with Gasteiger partial charge in [0.1, 0.15) is 24.0 Å². The van der Waals surface area contributed by atoms with Gasteiger partial charge >= 0.3 is 5.97 Å². The summed E-state index contributed by atoms with van der Waals surface area (Å²) in [6, 6.07) is 3.37. The van der Waals surface area contributed by atoms with Crippen LogP contribution in [0.25, 0.3) is 0 Å². The Morgan fingerprint density at radius 1 is 1.85 bits per heavy atom. The first-order chi connectivity index (χ1) is 6.19. The molecule has 0 aliphatic rings. The summed E-state index contributed by atoms with van der Waals surface area (Å²) in [6.45, 7) is 0. The zero-order chi connectivity index (χ0) is 9.84. The number of hydrogen-bond donors (Lipinski definition) is 1. The summed E-state index contributed by atoms with van der Waals surface area (Å²) in [7, 11) is 1.67. The molecule has 13 heavy (non-hydrogen) atoms. The number of carbonyl (C=O) groups is 1. The Balaban J connectivity index is 2.92. The first-order valence-electron chi connectivity index (χ1n) is 3.33. The highest BCUT2D eigenvalue weighted by Gasteiger charge is 2.11. The van der Waals surface area contributed by atoms with E-state index < -0.39 is 5.97 Å². The van der Waals surface area contributed by atoms with Crippen LogP contribution >= 0.6 is 12.2 Å². The van der Waals surface area contributed by atoms with Gasteiger partial charge in [-0.15, -0.1) is 0 Å². The number of nitrogens with zero attached hydrogens (tertiary/aromatic N) is 2. The van der Waals surface area contributed by atoms with E-state index in [1.165, 1.54) is 16.8 Å². The predicted molar refractivity (Wildman–Crippen MR) is 47.3 cm³/mol. The van der Waals surface area contributed by atoms with Gasteiger partial charge in [-0.2, -0.15) is 5.26 Å². The molecule has 68 valence electrons. The van der Waals surface area contributed by atoms with Crippen LogP contribution < -0.4 is 5.14 Å². The minimum Gasteiger partial charge on any atom is -0.371 e. The Bertz CT molecular complexity index is 366. The van der Waals surface area contributed by atoms with Gasteiger partial charge in [-0.3, -0.25) is 0 Å². The van der Waals surface area contributed by atoms with Gasteiger partial charge in [0.05, 0.1) is 5.56 Å². The van der Waals surface area contributed by atoms with Gasteiger partial charge in [-0.05, 0) is 6.07 Å². The maximum Gasteiger partial charge on any atom is 0.352 e. The molecule has 0 spiro atoms. The van der Waals surface area contributed by atoms with Crippen LogP contribution in [0.4, 0.5) is 0 Å². The topological polar surface area (TPSA) is 81.0 Å². The minimum absolute atomic E-state index is 0.317. The summed E-state index contributed by atoms with van der Waals surface area (Å²) < 4.78 is 6.01. The van der Waals surface area contributed by atoms with E-state index in [4.69, 9.17) is 10.4 Å². The fraction of sp³-hybridized carbons (Fsp3) is 0.143. The molecule has 0 aromatic carbocycles. The summed E-state index contributed by atoms with van der Waals surface area (Å²) in [6.07, 6.45) is 1.51. The maximum absolute atomic E-state index is 11.1. The molecule has 0 bridgehead atoms. The second-order valence-corrected chi connectivity index (χ2v) is 2.66. The molecular formula is C7H7N3O2S. The number of aromatic nitrogens is 1. The summed E-state index contributed by atoms with van der Waals surface area (Å²) in [5.41, 5.74) is 0.714. The molecule has 5 nitrogen and oxygen atoms in total. The number of aryl methyl sites for hydroxylation is 1. The van der Waals surface area contributed by atoms with Gasteiger partial charge in [0.25, 0.3) is 0 Å². The second kappa shape index (κ2) is 3.98. The molecule has 1 aromatic heterocycles. The van der Waals surface area contributed by atoms with Crippen molar-refractivity contribution in [3.05, 3.63) is 23.5 Å². The lowest BCUT2D eigenvalue weighted by Gasteiger charge is -1.93. The maximum atomic E-state index is 11.1. The van der Waals surface area contributed by atoms with Gasteiger partial charge in [0, 0.05) is 13.2 Å². The molecule has 2 N–H and O–H groups in total. The van der Waals surface area contributed by atoms with Crippen LogP contribution in [0.5, 0.6) is 0 Å². The molecular weight excluding hydrogens is 190 g/mol. The third kappa shape index (κ3) is 2.02. The Hall–Kier alpha value is -1.45. The first-order valence-corrected chi connectivity index (χ1v) is 4.13. The van der Waals surface area contributed by atoms with Crippen LogP contribution in [0.2, 0.25) is 0 Å². The predicted octanol–water partition coefficient (Wildman–Crippen LogP) is 0.575.